The summed E-state index contributed by atoms with van der Waals surface area (Å²) in [5.41, 5.74) is -2.93. The zero-order valence-electron chi connectivity index (χ0n) is 27.2. The van der Waals surface area contributed by atoms with Gasteiger partial charge in [-0.15, -0.1) is 0 Å². The molecule has 0 amide bonds. The molecule has 0 saturated heterocycles. The van der Waals surface area contributed by atoms with Gasteiger partial charge in [-0.2, -0.15) is 0 Å². The summed E-state index contributed by atoms with van der Waals surface area (Å²) in [5, 5.41) is 0. The second-order valence-corrected chi connectivity index (χ2v) is 15.8. The standard InChI is InChI=1S/C38H50O4/c1-23(2)14-13-15-25(5)18-19-36-21-27-20-29-34(6,7)28(24(3)4)22-37(29,31(36)40)33(42)38(32(36)41,35(27,8)9)30(39)26-16-11-10-12-17-26/h10-12,14,16-18,24,27-29H,13,15,19-22H2,1-9H3/t27-,28-,29+,36-,37+,38-/m0/s1. The molecule has 6 atom stereocenters. The topological polar surface area (TPSA) is 68.3 Å². The van der Waals surface area contributed by atoms with Crippen molar-refractivity contribution in [1.29, 1.82) is 0 Å². The number of rotatable bonds is 8. The summed E-state index contributed by atoms with van der Waals surface area (Å²) in [7, 11) is 0. The first kappa shape index (κ1) is 30.8. The molecule has 1 spiro atoms. The van der Waals surface area contributed by atoms with Crippen molar-refractivity contribution in [2.75, 3.05) is 0 Å². The van der Waals surface area contributed by atoms with Crippen molar-refractivity contribution in [2.24, 2.45) is 50.7 Å². The van der Waals surface area contributed by atoms with Gasteiger partial charge in [-0.1, -0.05) is 95.2 Å². The summed E-state index contributed by atoms with van der Waals surface area (Å²) in [6, 6.07) is 8.86. The Morgan fingerprint density at radius 2 is 1.55 bits per heavy atom. The smallest absolute Gasteiger partial charge is 0.184 e. The molecule has 0 radical (unpaired) electrons. The van der Waals surface area contributed by atoms with Crippen LogP contribution in [0, 0.1) is 50.7 Å². The van der Waals surface area contributed by atoms with E-state index >= 15 is 14.4 Å². The minimum absolute atomic E-state index is 0.102. The van der Waals surface area contributed by atoms with E-state index in [0.717, 1.165) is 18.4 Å². The van der Waals surface area contributed by atoms with Crippen LogP contribution < -0.4 is 0 Å². The fourth-order valence-electron chi connectivity index (χ4n) is 10.2. The quantitative estimate of drug-likeness (QED) is 0.179. The Morgan fingerprint density at radius 1 is 0.905 bits per heavy atom. The van der Waals surface area contributed by atoms with E-state index in [9.17, 15) is 4.79 Å². The van der Waals surface area contributed by atoms with Crippen molar-refractivity contribution in [1.82, 2.24) is 0 Å². The largest absolute Gasteiger partial charge is 0.297 e. The van der Waals surface area contributed by atoms with Gasteiger partial charge in [0.1, 0.15) is 0 Å². The number of benzene rings is 1. The number of ketones is 4. The predicted molar refractivity (Wildman–Crippen MR) is 167 cm³/mol. The molecule has 5 aliphatic rings. The van der Waals surface area contributed by atoms with Crippen LogP contribution in [0.4, 0.5) is 0 Å². The fourth-order valence-corrected chi connectivity index (χ4v) is 10.2. The third kappa shape index (κ3) is 3.78. The first-order valence-electron chi connectivity index (χ1n) is 16.1. The third-order valence-electron chi connectivity index (χ3n) is 12.5. The lowest BCUT2D eigenvalue weighted by molar-refractivity contribution is -0.181. The highest BCUT2D eigenvalue weighted by atomic mass is 16.2. The maximum absolute atomic E-state index is 15.4. The second-order valence-electron chi connectivity index (χ2n) is 15.8. The average molecular weight is 571 g/mol. The van der Waals surface area contributed by atoms with E-state index in [1.807, 2.05) is 19.9 Å². The van der Waals surface area contributed by atoms with Crippen LogP contribution in [-0.2, 0) is 14.4 Å². The molecule has 4 bridgehead atoms. The molecule has 0 aromatic heterocycles. The Bertz CT molecular complexity index is 1390. The zero-order chi connectivity index (χ0) is 31.0. The number of allylic oxidation sites excluding steroid dienone is 4. The molecule has 5 aliphatic carbocycles. The molecule has 0 aliphatic heterocycles. The maximum Gasteiger partial charge on any atom is 0.184 e. The molecule has 4 heteroatoms. The van der Waals surface area contributed by atoms with Crippen LogP contribution in [0.3, 0.4) is 0 Å². The number of carbonyl (C=O) groups excluding carboxylic acids is 4. The fraction of sp³-hybridized carbons (Fsp3) is 0.632. The number of Topliss-reactive ketones (excluding diaryl/α,β-unsaturated/α-hetero) is 4. The molecule has 42 heavy (non-hydrogen) atoms. The zero-order valence-corrected chi connectivity index (χ0v) is 27.2. The molecule has 0 unspecified atom stereocenters. The summed E-state index contributed by atoms with van der Waals surface area (Å²) in [5.74, 6) is -1.26. The molecule has 1 aromatic rings. The van der Waals surface area contributed by atoms with E-state index < -0.39 is 33.2 Å². The third-order valence-corrected chi connectivity index (χ3v) is 12.5. The summed E-state index contributed by atoms with van der Waals surface area (Å²) in [4.78, 5) is 60.7. The van der Waals surface area contributed by atoms with Crippen molar-refractivity contribution in [3.8, 4) is 0 Å². The molecule has 4 nitrogen and oxygen atoms in total. The predicted octanol–water partition coefficient (Wildman–Crippen LogP) is 8.40. The number of carbonyl (C=O) groups is 4. The minimum atomic E-state index is -1.87. The first-order chi connectivity index (χ1) is 19.5. The molecule has 0 N–H and O–H groups in total. The SMILES string of the molecule is CC(C)=CCCC(C)=CC[C@]12C[C@@H]3C[C@@H]4C(C)(C)[C@H](C(C)C)C[C@@]4(C1=O)C(=O)[C@](C(=O)c1ccccc1)(C2=O)C3(C)C. The first-order valence-corrected chi connectivity index (χ1v) is 16.1. The normalized spacial score (nSPS) is 36.3. The van der Waals surface area contributed by atoms with Gasteiger partial charge in [0.25, 0.3) is 0 Å². The molecule has 226 valence electrons. The van der Waals surface area contributed by atoms with Gasteiger partial charge in [-0.05, 0) is 93.8 Å². The summed E-state index contributed by atoms with van der Waals surface area (Å²) >= 11 is 0. The molecule has 1 aromatic carbocycles. The van der Waals surface area contributed by atoms with Crippen LogP contribution in [0.25, 0.3) is 0 Å². The molecule has 5 saturated carbocycles. The molecule has 5 fully saturated rings. The van der Waals surface area contributed by atoms with Crippen LogP contribution in [0.5, 0.6) is 0 Å². The highest BCUT2D eigenvalue weighted by Crippen LogP contribution is 2.77. The number of hydrogen-bond acceptors (Lipinski definition) is 4. The summed E-state index contributed by atoms with van der Waals surface area (Å²) in [6.07, 6.45) is 7.86. The van der Waals surface area contributed by atoms with Gasteiger partial charge in [0.15, 0.2) is 28.5 Å². The second kappa shape index (κ2) is 9.96. The van der Waals surface area contributed by atoms with Crippen molar-refractivity contribution >= 4 is 23.1 Å². The minimum Gasteiger partial charge on any atom is -0.297 e. The lowest BCUT2D eigenvalue weighted by Crippen LogP contribution is -2.75. The highest BCUT2D eigenvalue weighted by molar-refractivity contribution is 6.42. The number of hydrogen-bond donors (Lipinski definition) is 0. The lowest BCUT2D eigenvalue weighted by Gasteiger charge is -2.60. The molecule has 6 rings (SSSR count). The maximum atomic E-state index is 15.4. The lowest BCUT2D eigenvalue weighted by atomic mass is 9.37. The van der Waals surface area contributed by atoms with Crippen molar-refractivity contribution < 1.29 is 19.2 Å². The van der Waals surface area contributed by atoms with Crippen molar-refractivity contribution in [3.05, 3.63) is 59.2 Å². The molecule has 0 heterocycles. The van der Waals surface area contributed by atoms with Gasteiger partial charge in [-0.25, -0.2) is 0 Å². The van der Waals surface area contributed by atoms with Gasteiger partial charge in [0, 0.05) is 5.56 Å². The van der Waals surface area contributed by atoms with E-state index in [1.54, 1.807) is 24.3 Å². The van der Waals surface area contributed by atoms with Crippen LogP contribution in [0.1, 0.15) is 111 Å². The van der Waals surface area contributed by atoms with Gasteiger partial charge >= 0.3 is 0 Å². The molecular weight excluding hydrogens is 520 g/mol. The van der Waals surface area contributed by atoms with Gasteiger partial charge in [0.2, 0.25) is 0 Å². The van der Waals surface area contributed by atoms with E-state index in [0.29, 0.717) is 24.8 Å². The van der Waals surface area contributed by atoms with Gasteiger partial charge in [-0.3, -0.25) is 19.2 Å². The summed E-state index contributed by atoms with van der Waals surface area (Å²) in [6.45, 7) is 19.0. The Labute approximate surface area is 252 Å². The summed E-state index contributed by atoms with van der Waals surface area (Å²) < 4.78 is 0. The Kier molecular flexibility index (Phi) is 7.31. The average Bonchev–Trinajstić information content (AvgIpc) is 3.07. The van der Waals surface area contributed by atoms with Gasteiger partial charge < -0.3 is 0 Å². The van der Waals surface area contributed by atoms with Crippen molar-refractivity contribution in [3.63, 3.8) is 0 Å². The van der Waals surface area contributed by atoms with E-state index in [2.05, 4.69) is 60.6 Å². The van der Waals surface area contributed by atoms with Crippen LogP contribution in [-0.4, -0.2) is 23.1 Å². The van der Waals surface area contributed by atoms with Crippen molar-refractivity contribution in [2.45, 2.75) is 101 Å². The van der Waals surface area contributed by atoms with Crippen LogP contribution in [0.15, 0.2) is 53.6 Å². The highest BCUT2D eigenvalue weighted by Gasteiger charge is 2.86. The monoisotopic (exact) mass is 570 g/mol. The van der Waals surface area contributed by atoms with Gasteiger partial charge in [0.05, 0.1) is 10.8 Å². The Balaban J connectivity index is 1.77. The van der Waals surface area contributed by atoms with E-state index in [4.69, 9.17) is 0 Å². The Morgan fingerprint density at radius 3 is 2.14 bits per heavy atom. The van der Waals surface area contributed by atoms with Crippen LogP contribution in [0.2, 0.25) is 0 Å². The Hall–Kier alpha value is -2.62. The van der Waals surface area contributed by atoms with E-state index in [1.165, 1.54) is 5.57 Å². The van der Waals surface area contributed by atoms with Crippen LogP contribution >= 0.6 is 0 Å². The van der Waals surface area contributed by atoms with E-state index in [-0.39, 0.29) is 47.1 Å². The molecular formula is C38H50O4.